The molecule has 0 fully saturated rings. The van der Waals surface area contributed by atoms with Crippen molar-refractivity contribution in [3.05, 3.63) is 29.5 Å². The van der Waals surface area contributed by atoms with Gasteiger partial charge in [0.15, 0.2) is 0 Å². The monoisotopic (exact) mass is 288 g/mol. The van der Waals surface area contributed by atoms with Gasteiger partial charge in [0, 0.05) is 18.7 Å². The summed E-state index contributed by atoms with van der Waals surface area (Å²) in [5.41, 5.74) is 2.49. The molecular formula is C16H20N2O3. The van der Waals surface area contributed by atoms with Crippen molar-refractivity contribution in [2.24, 2.45) is 5.41 Å². The van der Waals surface area contributed by atoms with Gasteiger partial charge in [-0.3, -0.25) is 4.79 Å². The van der Waals surface area contributed by atoms with Crippen molar-refractivity contribution in [2.75, 3.05) is 5.32 Å². The molecule has 0 spiro atoms. The molecule has 112 valence electrons. The molecule has 1 aliphatic rings. The molecule has 0 unspecified atom stereocenters. The highest BCUT2D eigenvalue weighted by molar-refractivity contribution is 5.93. The highest BCUT2D eigenvalue weighted by Gasteiger charge is 2.20. The number of nitrogens with zero attached hydrogens (tertiary/aromatic N) is 1. The molecule has 1 aliphatic heterocycles. The van der Waals surface area contributed by atoms with Crippen LogP contribution in [0.15, 0.2) is 18.3 Å². The predicted molar refractivity (Wildman–Crippen MR) is 80.9 cm³/mol. The van der Waals surface area contributed by atoms with E-state index in [9.17, 15) is 9.59 Å². The van der Waals surface area contributed by atoms with E-state index in [1.165, 1.54) is 6.08 Å². The van der Waals surface area contributed by atoms with Crippen LogP contribution >= 0.6 is 0 Å². The van der Waals surface area contributed by atoms with E-state index in [0.29, 0.717) is 25.1 Å². The number of aromatic nitrogens is 1. The molecule has 0 aromatic carbocycles. The van der Waals surface area contributed by atoms with Crippen molar-refractivity contribution in [2.45, 2.75) is 40.0 Å². The third-order valence-electron chi connectivity index (χ3n) is 3.24. The molecule has 2 N–H and O–H groups in total. The van der Waals surface area contributed by atoms with E-state index in [4.69, 9.17) is 5.11 Å². The molecule has 2 rings (SSSR count). The highest BCUT2D eigenvalue weighted by Crippen LogP contribution is 2.32. The summed E-state index contributed by atoms with van der Waals surface area (Å²) in [6.45, 7) is 6.19. The van der Waals surface area contributed by atoms with E-state index >= 15 is 0 Å². The van der Waals surface area contributed by atoms with Gasteiger partial charge in [0.25, 0.3) is 0 Å². The Bertz CT molecular complexity index is 612. The van der Waals surface area contributed by atoms with Gasteiger partial charge in [-0.1, -0.05) is 20.8 Å². The minimum absolute atomic E-state index is 0.0224. The maximum absolute atomic E-state index is 11.3. The molecule has 0 radical (unpaired) electrons. The molecule has 21 heavy (non-hydrogen) atoms. The number of pyridine rings is 1. The van der Waals surface area contributed by atoms with Gasteiger partial charge in [-0.15, -0.1) is 0 Å². The summed E-state index contributed by atoms with van der Waals surface area (Å²) in [7, 11) is 0. The molecule has 0 saturated carbocycles. The SMILES string of the molecule is CC(C)(C)CC(=CC(=O)O)c1cnc2c(c1)CCC(=O)N2. The van der Waals surface area contributed by atoms with Crippen molar-refractivity contribution in [3.63, 3.8) is 0 Å². The summed E-state index contributed by atoms with van der Waals surface area (Å²) in [6.07, 6.45) is 4.60. The van der Waals surface area contributed by atoms with Crippen molar-refractivity contribution in [3.8, 4) is 0 Å². The van der Waals surface area contributed by atoms with Crippen LogP contribution in [0.25, 0.3) is 5.57 Å². The molecule has 2 heterocycles. The zero-order valence-electron chi connectivity index (χ0n) is 12.6. The quantitative estimate of drug-likeness (QED) is 0.838. The van der Waals surface area contributed by atoms with Crippen molar-refractivity contribution >= 4 is 23.3 Å². The van der Waals surface area contributed by atoms with Gasteiger partial charge in [-0.05, 0) is 41.0 Å². The Hall–Kier alpha value is -2.17. The lowest BCUT2D eigenvalue weighted by Crippen LogP contribution is -2.20. The summed E-state index contributed by atoms with van der Waals surface area (Å²) in [5, 5.41) is 11.8. The van der Waals surface area contributed by atoms with E-state index in [0.717, 1.165) is 16.7 Å². The lowest BCUT2D eigenvalue weighted by Gasteiger charge is -2.22. The average Bonchev–Trinajstić information content (AvgIpc) is 2.35. The average molecular weight is 288 g/mol. The zero-order valence-corrected chi connectivity index (χ0v) is 12.6. The summed E-state index contributed by atoms with van der Waals surface area (Å²) in [5.74, 6) is -0.403. The normalized spacial score (nSPS) is 15.4. The molecule has 1 amide bonds. The lowest BCUT2D eigenvalue weighted by atomic mass is 9.85. The topological polar surface area (TPSA) is 79.3 Å². The molecule has 1 aromatic heterocycles. The fourth-order valence-electron chi connectivity index (χ4n) is 2.39. The third kappa shape index (κ3) is 4.15. The molecule has 0 aliphatic carbocycles. The Labute approximate surface area is 124 Å². The number of carbonyl (C=O) groups excluding carboxylic acids is 1. The molecular weight excluding hydrogens is 268 g/mol. The first kappa shape index (κ1) is 15.2. The Morgan fingerprint density at radius 1 is 1.43 bits per heavy atom. The van der Waals surface area contributed by atoms with Crippen molar-refractivity contribution < 1.29 is 14.7 Å². The second kappa shape index (κ2) is 5.68. The van der Waals surface area contributed by atoms with E-state index in [2.05, 4.69) is 31.1 Å². The van der Waals surface area contributed by atoms with Crippen LogP contribution in [0.1, 0.15) is 44.7 Å². The Balaban J connectivity index is 2.37. The molecule has 1 aromatic rings. The fourth-order valence-corrected chi connectivity index (χ4v) is 2.39. The summed E-state index contributed by atoms with van der Waals surface area (Å²) >= 11 is 0. The summed E-state index contributed by atoms with van der Waals surface area (Å²) < 4.78 is 0. The number of hydrogen-bond donors (Lipinski definition) is 2. The second-order valence-corrected chi connectivity index (χ2v) is 6.53. The number of allylic oxidation sites excluding steroid dienone is 1. The molecule has 0 bridgehead atoms. The Kier molecular flexibility index (Phi) is 4.11. The lowest BCUT2D eigenvalue weighted by molar-refractivity contribution is -0.131. The molecule has 0 saturated heterocycles. The number of fused-ring (bicyclic) bond motifs is 1. The van der Waals surface area contributed by atoms with E-state index in [-0.39, 0.29) is 11.3 Å². The first-order chi connectivity index (χ1) is 9.74. The van der Waals surface area contributed by atoms with Crippen LogP contribution < -0.4 is 5.32 Å². The number of nitrogens with one attached hydrogen (secondary N) is 1. The molecule has 5 nitrogen and oxygen atoms in total. The van der Waals surface area contributed by atoms with Gasteiger partial charge >= 0.3 is 5.97 Å². The van der Waals surface area contributed by atoms with E-state index in [1.807, 2.05) is 6.07 Å². The van der Waals surface area contributed by atoms with Gasteiger partial charge in [0.1, 0.15) is 5.82 Å². The van der Waals surface area contributed by atoms with Crippen LogP contribution in [0.5, 0.6) is 0 Å². The first-order valence-electron chi connectivity index (χ1n) is 6.97. The number of amides is 1. The fraction of sp³-hybridized carbons (Fsp3) is 0.438. The maximum atomic E-state index is 11.3. The van der Waals surface area contributed by atoms with Gasteiger partial charge in [0.05, 0.1) is 0 Å². The van der Waals surface area contributed by atoms with Gasteiger partial charge in [-0.25, -0.2) is 9.78 Å². The van der Waals surface area contributed by atoms with Crippen LogP contribution in [-0.4, -0.2) is 22.0 Å². The van der Waals surface area contributed by atoms with E-state index in [1.54, 1.807) is 6.20 Å². The second-order valence-electron chi connectivity index (χ2n) is 6.53. The third-order valence-corrected chi connectivity index (χ3v) is 3.24. The number of hydrogen-bond acceptors (Lipinski definition) is 3. The van der Waals surface area contributed by atoms with Gasteiger partial charge in [-0.2, -0.15) is 0 Å². The number of anilines is 1. The molecule has 5 heteroatoms. The van der Waals surface area contributed by atoms with Gasteiger partial charge in [0.2, 0.25) is 5.91 Å². The largest absolute Gasteiger partial charge is 0.478 e. The standard InChI is InChI=1S/C16H20N2O3/c1-16(2,3)8-11(7-14(20)21)12-6-10-4-5-13(19)18-15(10)17-9-12/h6-7,9H,4-5,8H2,1-3H3,(H,20,21)(H,17,18,19). The number of carboxylic acids is 1. The number of aliphatic carboxylic acids is 1. The van der Waals surface area contributed by atoms with Crippen molar-refractivity contribution in [1.82, 2.24) is 4.98 Å². The summed E-state index contributed by atoms with van der Waals surface area (Å²) in [6, 6.07) is 1.93. The number of aryl methyl sites for hydroxylation is 1. The smallest absolute Gasteiger partial charge is 0.328 e. The predicted octanol–water partition coefficient (Wildman–Crippen LogP) is 2.87. The zero-order chi connectivity index (χ0) is 15.6. The summed E-state index contributed by atoms with van der Waals surface area (Å²) in [4.78, 5) is 26.6. The molecule has 0 atom stereocenters. The van der Waals surface area contributed by atoms with Crippen LogP contribution in [0.3, 0.4) is 0 Å². The number of carbonyl (C=O) groups is 2. The van der Waals surface area contributed by atoms with Crippen LogP contribution in [0.2, 0.25) is 0 Å². The maximum Gasteiger partial charge on any atom is 0.328 e. The number of carboxylic acid groups (broad SMARTS) is 1. The van der Waals surface area contributed by atoms with Crippen LogP contribution in [0.4, 0.5) is 5.82 Å². The highest BCUT2D eigenvalue weighted by atomic mass is 16.4. The minimum Gasteiger partial charge on any atom is -0.478 e. The van der Waals surface area contributed by atoms with Crippen LogP contribution in [0, 0.1) is 5.41 Å². The number of rotatable bonds is 3. The Morgan fingerprint density at radius 2 is 2.14 bits per heavy atom. The van der Waals surface area contributed by atoms with Gasteiger partial charge < -0.3 is 10.4 Å². The van der Waals surface area contributed by atoms with Crippen molar-refractivity contribution in [1.29, 1.82) is 0 Å². The van der Waals surface area contributed by atoms with Crippen LogP contribution in [-0.2, 0) is 16.0 Å². The van der Waals surface area contributed by atoms with E-state index < -0.39 is 5.97 Å². The minimum atomic E-state index is -0.958. The Morgan fingerprint density at radius 3 is 2.76 bits per heavy atom. The first-order valence-corrected chi connectivity index (χ1v) is 6.97.